The molecule has 0 atom stereocenters. The van der Waals surface area contributed by atoms with Crippen LogP contribution in [-0.4, -0.2) is 32.7 Å². The van der Waals surface area contributed by atoms with Gasteiger partial charge in [0.25, 0.3) is 10.2 Å². The van der Waals surface area contributed by atoms with Crippen LogP contribution in [0.4, 0.5) is 0 Å². The number of hydrogen-bond acceptors (Lipinski definition) is 3. The van der Waals surface area contributed by atoms with Crippen molar-refractivity contribution in [3.63, 3.8) is 0 Å². The van der Waals surface area contributed by atoms with Crippen molar-refractivity contribution in [2.24, 2.45) is 11.8 Å². The maximum absolute atomic E-state index is 11.7. The molecule has 0 bridgehead atoms. The van der Waals surface area contributed by atoms with Gasteiger partial charge in [-0.2, -0.15) is 13.1 Å². The van der Waals surface area contributed by atoms with E-state index in [4.69, 9.17) is 5.11 Å². The van der Waals surface area contributed by atoms with E-state index in [1.54, 1.807) is 0 Å². The number of aliphatic hydroxyl groups excluding tert-OH is 1. The highest BCUT2D eigenvalue weighted by molar-refractivity contribution is 7.87. The molecule has 1 saturated carbocycles. The molecule has 0 unspecified atom stereocenters. The zero-order chi connectivity index (χ0) is 12.9. The Bertz CT molecular complexity index is 309. The van der Waals surface area contributed by atoms with Gasteiger partial charge in [-0.25, -0.2) is 4.72 Å². The fourth-order valence-electron chi connectivity index (χ4n) is 2.00. The van der Waals surface area contributed by atoms with E-state index in [9.17, 15) is 8.42 Å². The number of nitrogens with one attached hydrogen (secondary N) is 2. The first-order chi connectivity index (χ1) is 7.93. The summed E-state index contributed by atoms with van der Waals surface area (Å²) in [5.41, 5.74) is 0. The summed E-state index contributed by atoms with van der Waals surface area (Å²) in [6.45, 7) is 4.61. The molecule has 0 spiro atoms. The molecule has 0 radical (unpaired) electrons. The molecule has 0 aromatic heterocycles. The summed E-state index contributed by atoms with van der Waals surface area (Å²) in [6, 6.07) is 0.0162. The zero-order valence-corrected chi connectivity index (χ0v) is 11.5. The van der Waals surface area contributed by atoms with Crippen LogP contribution in [-0.2, 0) is 10.2 Å². The number of rotatable bonds is 6. The van der Waals surface area contributed by atoms with E-state index >= 15 is 0 Å². The highest BCUT2D eigenvalue weighted by Gasteiger charge is 2.24. The molecule has 102 valence electrons. The second-order valence-corrected chi connectivity index (χ2v) is 6.80. The van der Waals surface area contributed by atoms with E-state index < -0.39 is 10.2 Å². The molecule has 0 aliphatic heterocycles. The van der Waals surface area contributed by atoms with Crippen molar-refractivity contribution in [1.29, 1.82) is 0 Å². The topological polar surface area (TPSA) is 78.4 Å². The third-order valence-corrected chi connectivity index (χ3v) is 4.30. The molecule has 1 aliphatic carbocycles. The molecule has 1 fully saturated rings. The van der Waals surface area contributed by atoms with Crippen LogP contribution in [0.25, 0.3) is 0 Å². The lowest BCUT2D eigenvalue weighted by Gasteiger charge is -2.27. The van der Waals surface area contributed by atoms with Crippen molar-refractivity contribution in [2.45, 2.75) is 45.6 Å². The lowest BCUT2D eigenvalue weighted by molar-refractivity contribution is 0.180. The average Bonchev–Trinajstić information content (AvgIpc) is 2.27. The van der Waals surface area contributed by atoms with Crippen molar-refractivity contribution in [3.8, 4) is 0 Å². The van der Waals surface area contributed by atoms with Gasteiger partial charge in [0.2, 0.25) is 0 Å². The van der Waals surface area contributed by atoms with Crippen molar-refractivity contribution < 1.29 is 13.5 Å². The van der Waals surface area contributed by atoms with Crippen LogP contribution >= 0.6 is 0 Å². The lowest BCUT2D eigenvalue weighted by Crippen LogP contribution is -2.45. The largest absolute Gasteiger partial charge is 0.396 e. The minimum Gasteiger partial charge on any atom is -0.396 e. The summed E-state index contributed by atoms with van der Waals surface area (Å²) in [4.78, 5) is 0. The zero-order valence-electron chi connectivity index (χ0n) is 10.6. The highest BCUT2D eigenvalue weighted by Crippen LogP contribution is 2.23. The van der Waals surface area contributed by atoms with Crippen molar-refractivity contribution in [3.05, 3.63) is 0 Å². The molecule has 17 heavy (non-hydrogen) atoms. The molecule has 6 heteroatoms. The average molecular weight is 264 g/mol. The van der Waals surface area contributed by atoms with E-state index in [1.807, 2.05) is 13.8 Å². The molecule has 3 N–H and O–H groups in total. The summed E-state index contributed by atoms with van der Waals surface area (Å²) >= 11 is 0. The molecule has 0 amide bonds. The Labute approximate surface area is 104 Å². The van der Waals surface area contributed by atoms with E-state index in [0.29, 0.717) is 18.4 Å². The third kappa shape index (κ3) is 5.81. The highest BCUT2D eigenvalue weighted by atomic mass is 32.2. The Morgan fingerprint density at radius 1 is 1.24 bits per heavy atom. The quantitative estimate of drug-likeness (QED) is 0.658. The second kappa shape index (κ2) is 6.68. The lowest BCUT2D eigenvalue weighted by atomic mass is 9.87. The Morgan fingerprint density at radius 3 is 2.29 bits per heavy atom. The van der Waals surface area contributed by atoms with Crippen molar-refractivity contribution in [1.82, 2.24) is 9.44 Å². The Balaban J connectivity index is 2.33. The normalized spacial score (nSPS) is 26.4. The van der Waals surface area contributed by atoms with Gasteiger partial charge in [0, 0.05) is 19.2 Å². The van der Waals surface area contributed by atoms with Gasteiger partial charge in [0.1, 0.15) is 0 Å². The van der Waals surface area contributed by atoms with Crippen LogP contribution in [0, 0.1) is 11.8 Å². The predicted octanol–water partition coefficient (Wildman–Crippen LogP) is 0.618. The smallest absolute Gasteiger partial charge is 0.277 e. The summed E-state index contributed by atoms with van der Waals surface area (Å²) in [6.07, 6.45) is 3.42. The summed E-state index contributed by atoms with van der Waals surface area (Å²) < 4.78 is 28.6. The van der Waals surface area contributed by atoms with Gasteiger partial charge < -0.3 is 5.11 Å². The first kappa shape index (κ1) is 14.9. The van der Waals surface area contributed by atoms with Gasteiger partial charge in [-0.1, -0.05) is 13.8 Å². The van der Waals surface area contributed by atoms with Gasteiger partial charge in [-0.05, 0) is 37.5 Å². The monoisotopic (exact) mass is 264 g/mol. The first-order valence-corrected chi connectivity index (χ1v) is 7.79. The minimum atomic E-state index is -3.36. The molecule has 1 aliphatic rings. The van der Waals surface area contributed by atoms with E-state index in [-0.39, 0.29) is 12.6 Å². The standard InChI is InChI=1S/C11H24N2O3S/c1-9(2)7-12-17(15,16)13-11-5-3-10(8-14)4-6-11/h9-14H,3-8H2,1-2H3. The predicted molar refractivity (Wildman–Crippen MR) is 67.7 cm³/mol. The molecular weight excluding hydrogens is 240 g/mol. The fourth-order valence-corrected chi connectivity index (χ4v) is 3.31. The van der Waals surface area contributed by atoms with E-state index in [1.165, 1.54) is 0 Å². The Hall–Kier alpha value is -0.170. The number of hydrogen-bond donors (Lipinski definition) is 3. The van der Waals surface area contributed by atoms with Crippen LogP contribution in [0.5, 0.6) is 0 Å². The van der Waals surface area contributed by atoms with Gasteiger partial charge in [0.05, 0.1) is 0 Å². The summed E-state index contributed by atoms with van der Waals surface area (Å²) in [5.74, 6) is 0.649. The molecule has 5 nitrogen and oxygen atoms in total. The second-order valence-electron chi connectivity index (χ2n) is 5.26. The summed E-state index contributed by atoms with van der Waals surface area (Å²) in [5, 5.41) is 9.00. The van der Waals surface area contributed by atoms with Crippen LogP contribution < -0.4 is 9.44 Å². The van der Waals surface area contributed by atoms with E-state index in [2.05, 4.69) is 9.44 Å². The molecular formula is C11H24N2O3S. The molecule has 0 aromatic rings. The molecule has 0 saturated heterocycles. The van der Waals surface area contributed by atoms with Crippen LogP contribution in [0.3, 0.4) is 0 Å². The summed E-state index contributed by atoms with van der Waals surface area (Å²) in [7, 11) is -3.36. The van der Waals surface area contributed by atoms with Gasteiger partial charge in [0.15, 0.2) is 0 Å². The van der Waals surface area contributed by atoms with Gasteiger partial charge in [-0.15, -0.1) is 0 Å². The molecule has 0 aromatic carbocycles. The van der Waals surface area contributed by atoms with Crippen molar-refractivity contribution in [2.75, 3.05) is 13.2 Å². The Morgan fingerprint density at radius 2 is 1.82 bits per heavy atom. The third-order valence-electron chi connectivity index (χ3n) is 3.11. The van der Waals surface area contributed by atoms with Crippen LogP contribution in [0.1, 0.15) is 39.5 Å². The molecule has 0 heterocycles. The van der Waals surface area contributed by atoms with Gasteiger partial charge >= 0.3 is 0 Å². The van der Waals surface area contributed by atoms with Crippen LogP contribution in [0.15, 0.2) is 0 Å². The van der Waals surface area contributed by atoms with E-state index in [0.717, 1.165) is 25.7 Å². The SMILES string of the molecule is CC(C)CNS(=O)(=O)NC1CCC(CO)CC1. The van der Waals surface area contributed by atoms with Gasteiger partial charge in [-0.3, -0.25) is 0 Å². The fraction of sp³-hybridized carbons (Fsp3) is 1.00. The minimum absolute atomic E-state index is 0.0162. The Kier molecular flexibility index (Phi) is 5.85. The van der Waals surface area contributed by atoms with Crippen LogP contribution in [0.2, 0.25) is 0 Å². The van der Waals surface area contributed by atoms with Crippen molar-refractivity contribution >= 4 is 10.2 Å². The maximum Gasteiger partial charge on any atom is 0.277 e. The maximum atomic E-state index is 11.7. The number of aliphatic hydroxyl groups is 1. The first-order valence-electron chi connectivity index (χ1n) is 6.30. The molecule has 1 rings (SSSR count).